The van der Waals surface area contributed by atoms with Crippen molar-refractivity contribution < 1.29 is 14.2 Å². The van der Waals surface area contributed by atoms with Crippen LogP contribution in [0.5, 0.6) is 5.75 Å². The van der Waals surface area contributed by atoms with Gasteiger partial charge in [-0.25, -0.2) is 0 Å². The van der Waals surface area contributed by atoms with Gasteiger partial charge in [-0.05, 0) is 17.7 Å². The number of methoxy groups -OCH3 is 2. The molecule has 16 heavy (non-hydrogen) atoms. The predicted octanol–water partition coefficient (Wildman–Crippen LogP) is 1.19. The number of benzene rings is 1. The third-order valence-electron chi connectivity index (χ3n) is 2.13. The molecule has 1 aromatic carbocycles. The van der Waals surface area contributed by atoms with E-state index in [1.807, 2.05) is 24.3 Å². The minimum Gasteiger partial charge on any atom is -0.487 e. The first-order chi connectivity index (χ1) is 7.80. The Morgan fingerprint density at radius 3 is 2.69 bits per heavy atom. The molecule has 0 aliphatic heterocycles. The monoisotopic (exact) mass is 225 g/mol. The van der Waals surface area contributed by atoms with Gasteiger partial charge in [0, 0.05) is 20.8 Å². The zero-order valence-electron chi connectivity index (χ0n) is 9.81. The molecule has 0 spiro atoms. The Balaban J connectivity index is 2.60. The van der Waals surface area contributed by atoms with Crippen LogP contribution in [-0.2, 0) is 16.1 Å². The van der Waals surface area contributed by atoms with Crippen LogP contribution < -0.4 is 10.5 Å². The van der Waals surface area contributed by atoms with Crippen molar-refractivity contribution in [2.75, 3.05) is 27.4 Å². The van der Waals surface area contributed by atoms with Crippen LogP contribution in [0.15, 0.2) is 24.3 Å². The fraction of sp³-hybridized carbons (Fsp3) is 0.500. The third kappa shape index (κ3) is 4.18. The molecule has 4 heteroatoms. The smallest absolute Gasteiger partial charge is 0.134 e. The van der Waals surface area contributed by atoms with Crippen molar-refractivity contribution in [1.29, 1.82) is 0 Å². The zero-order chi connectivity index (χ0) is 11.8. The maximum absolute atomic E-state index is 5.69. The summed E-state index contributed by atoms with van der Waals surface area (Å²) in [5.74, 6) is 0.794. The van der Waals surface area contributed by atoms with Gasteiger partial charge in [0.25, 0.3) is 0 Å². The Labute approximate surface area is 96.3 Å². The van der Waals surface area contributed by atoms with E-state index in [-0.39, 0.29) is 6.10 Å². The van der Waals surface area contributed by atoms with Crippen molar-refractivity contribution in [3.8, 4) is 5.75 Å². The van der Waals surface area contributed by atoms with Gasteiger partial charge in [0.05, 0.1) is 13.2 Å². The quantitative estimate of drug-likeness (QED) is 0.757. The molecule has 0 amide bonds. The molecule has 1 aromatic rings. The van der Waals surface area contributed by atoms with E-state index in [1.165, 1.54) is 0 Å². The van der Waals surface area contributed by atoms with Crippen LogP contribution in [0.2, 0.25) is 0 Å². The summed E-state index contributed by atoms with van der Waals surface area (Å²) in [5, 5.41) is 0. The molecule has 0 heterocycles. The predicted molar refractivity (Wildman–Crippen MR) is 62.5 cm³/mol. The van der Waals surface area contributed by atoms with Crippen molar-refractivity contribution in [1.82, 2.24) is 0 Å². The van der Waals surface area contributed by atoms with E-state index in [4.69, 9.17) is 19.9 Å². The van der Waals surface area contributed by atoms with Crippen LogP contribution in [0, 0.1) is 0 Å². The Bertz CT molecular complexity index is 304. The van der Waals surface area contributed by atoms with E-state index in [0.717, 1.165) is 11.3 Å². The molecule has 1 unspecified atom stereocenters. The van der Waals surface area contributed by atoms with Gasteiger partial charge >= 0.3 is 0 Å². The van der Waals surface area contributed by atoms with Crippen LogP contribution in [0.3, 0.4) is 0 Å². The molecule has 90 valence electrons. The van der Waals surface area contributed by atoms with Crippen LogP contribution in [0.25, 0.3) is 0 Å². The summed E-state index contributed by atoms with van der Waals surface area (Å²) in [6.07, 6.45) is -0.109. The molecule has 1 rings (SSSR count). The molecule has 0 aromatic heterocycles. The first-order valence-electron chi connectivity index (χ1n) is 5.23. The first-order valence-corrected chi connectivity index (χ1v) is 5.23. The van der Waals surface area contributed by atoms with E-state index in [9.17, 15) is 0 Å². The van der Waals surface area contributed by atoms with E-state index >= 15 is 0 Å². The highest BCUT2D eigenvalue weighted by Gasteiger charge is 2.07. The Morgan fingerprint density at radius 1 is 1.25 bits per heavy atom. The standard InChI is InChI=1S/C12H19NO3/c1-14-8-10-4-3-5-11(6-10)16-12(7-13)9-15-2/h3-6,12H,7-9,13H2,1-2H3. The molecule has 1 atom stereocenters. The highest BCUT2D eigenvalue weighted by molar-refractivity contribution is 5.28. The lowest BCUT2D eigenvalue weighted by Crippen LogP contribution is -2.31. The van der Waals surface area contributed by atoms with Crippen LogP contribution in [-0.4, -0.2) is 33.5 Å². The van der Waals surface area contributed by atoms with Gasteiger partial charge in [0.1, 0.15) is 11.9 Å². The molecule has 0 radical (unpaired) electrons. The second-order valence-electron chi connectivity index (χ2n) is 3.51. The highest BCUT2D eigenvalue weighted by atomic mass is 16.5. The Kier molecular flexibility index (Phi) is 5.85. The van der Waals surface area contributed by atoms with E-state index < -0.39 is 0 Å². The van der Waals surface area contributed by atoms with Gasteiger partial charge in [-0.3, -0.25) is 0 Å². The topological polar surface area (TPSA) is 53.7 Å². The van der Waals surface area contributed by atoms with Gasteiger partial charge < -0.3 is 19.9 Å². The fourth-order valence-electron chi connectivity index (χ4n) is 1.40. The maximum Gasteiger partial charge on any atom is 0.134 e. The minimum atomic E-state index is -0.109. The largest absolute Gasteiger partial charge is 0.487 e. The summed E-state index contributed by atoms with van der Waals surface area (Å²) in [5.41, 5.74) is 6.65. The molecule has 0 saturated heterocycles. The summed E-state index contributed by atoms with van der Waals surface area (Å²) in [6, 6.07) is 7.77. The lowest BCUT2D eigenvalue weighted by molar-refractivity contribution is 0.0858. The zero-order valence-corrected chi connectivity index (χ0v) is 9.81. The highest BCUT2D eigenvalue weighted by Crippen LogP contribution is 2.15. The van der Waals surface area contributed by atoms with Crippen molar-refractivity contribution >= 4 is 0 Å². The van der Waals surface area contributed by atoms with Crippen LogP contribution >= 0.6 is 0 Å². The minimum absolute atomic E-state index is 0.109. The number of nitrogens with two attached hydrogens (primary N) is 1. The first kappa shape index (κ1) is 13.0. The molecule has 0 fully saturated rings. The maximum atomic E-state index is 5.69. The van der Waals surface area contributed by atoms with Gasteiger partial charge in [0.2, 0.25) is 0 Å². The van der Waals surface area contributed by atoms with E-state index in [0.29, 0.717) is 19.8 Å². The molecular formula is C12H19NO3. The molecule has 0 bridgehead atoms. The van der Waals surface area contributed by atoms with Crippen molar-refractivity contribution in [3.05, 3.63) is 29.8 Å². The summed E-state index contributed by atoms with van der Waals surface area (Å²) in [7, 11) is 3.30. The molecule has 4 nitrogen and oxygen atoms in total. The number of hydrogen-bond donors (Lipinski definition) is 1. The second-order valence-corrected chi connectivity index (χ2v) is 3.51. The lowest BCUT2D eigenvalue weighted by atomic mass is 10.2. The number of rotatable bonds is 7. The Hall–Kier alpha value is -1.10. The van der Waals surface area contributed by atoms with Crippen molar-refractivity contribution in [2.24, 2.45) is 5.73 Å². The number of hydrogen-bond acceptors (Lipinski definition) is 4. The fourth-order valence-corrected chi connectivity index (χ4v) is 1.40. The van der Waals surface area contributed by atoms with E-state index in [1.54, 1.807) is 14.2 Å². The molecule has 0 aliphatic carbocycles. The Morgan fingerprint density at radius 2 is 2.06 bits per heavy atom. The van der Waals surface area contributed by atoms with Gasteiger partial charge in [-0.2, -0.15) is 0 Å². The van der Waals surface area contributed by atoms with Crippen LogP contribution in [0.4, 0.5) is 0 Å². The normalized spacial score (nSPS) is 12.4. The lowest BCUT2D eigenvalue weighted by Gasteiger charge is -2.16. The van der Waals surface area contributed by atoms with Gasteiger partial charge in [0.15, 0.2) is 0 Å². The summed E-state index contributed by atoms with van der Waals surface area (Å²) < 4.78 is 15.8. The van der Waals surface area contributed by atoms with Gasteiger partial charge in [-0.1, -0.05) is 12.1 Å². The molecule has 0 saturated carbocycles. The van der Waals surface area contributed by atoms with Crippen molar-refractivity contribution in [2.45, 2.75) is 12.7 Å². The van der Waals surface area contributed by atoms with Crippen molar-refractivity contribution in [3.63, 3.8) is 0 Å². The average molecular weight is 225 g/mol. The summed E-state index contributed by atoms with van der Waals surface area (Å²) in [6.45, 7) is 1.50. The average Bonchev–Trinajstić information content (AvgIpc) is 2.29. The summed E-state index contributed by atoms with van der Waals surface area (Å²) >= 11 is 0. The van der Waals surface area contributed by atoms with Gasteiger partial charge in [-0.15, -0.1) is 0 Å². The third-order valence-corrected chi connectivity index (χ3v) is 2.13. The SMILES string of the molecule is COCc1cccc(OC(CN)COC)c1. The second kappa shape index (κ2) is 7.22. The summed E-state index contributed by atoms with van der Waals surface area (Å²) in [4.78, 5) is 0. The molecule has 0 aliphatic rings. The van der Waals surface area contributed by atoms with Crippen LogP contribution in [0.1, 0.15) is 5.56 Å². The van der Waals surface area contributed by atoms with E-state index in [2.05, 4.69) is 0 Å². The molecular weight excluding hydrogens is 206 g/mol. The number of ether oxygens (including phenoxy) is 3. The molecule has 2 N–H and O–H groups in total.